The Bertz CT molecular complexity index is 275. The van der Waals surface area contributed by atoms with Crippen LogP contribution in [0.25, 0.3) is 0 Å². The SMILES string of the molecule is O=S([O-])C(F)(F)C(F)(F)C(F)(F)S(=O)[O-]. The molecule has 2 unspecified atom stereocenters. The summed E-state index contributed by atoms with van der Waals surface area (Å²) in [5, 5.41) is -12.4. The molecule has 0 spiro atoms. The van der Waals surface area contributed by atoms with Gasteiger partial charge >= 0.3 is 16.4 Å². The Morgan fingerprint density at radius 3 is 1.07 bits per heavy atom. The molecule has 0 saturated heterocycles. The van der Waals surface area contributed by atoms with Crippen molar-refractivity contribution in [1.29, 1.82) is 0 Å². The summed E-state index contributed by atoms with van der Waals surface area (Å²) in [6.45, 7) is 0. The predicted molar refractivity (Wildman–Crippen MR) is 32.7 cm³/mol. The van der Waals surface area contributed by atoms with Crippen LogP contribution in [0.4, 0.5) is 26.3 Å². The van der Waals surface area contributed by atoms with Crippen LogP contribution >= 0.6 is 0 Å². The van der Waals surface area contributed by atoms with Gasteiger partial charge in [0.15, 0.2) is 0 Å². The standard InChI is InChI=1S/C3H2F6O4S2/c4-1(5,2(6,7)14(10)11)3(8,9)15(12)13/h(H,10,11)(H,12,13)/p-2. The van der Waals surface area contributed by atoms with Gasteiger partial charge in [-0.3, -0.25) is 8.42 Å². The maximum atomic E-state index is 12.2. The molecule has 0 aliphatic rings. The maximum absolute atomic E-state index is 12.2. The molecule has 0 aromatic heterocycles. The number of hydrogen-bond acceptors (Lipinski definition) is 4. The lowest BCUT2D eigenvalue weighted by atomic mass is 10.3. The predicted octanol–water partition coefficient (Wildman–Crippen LogP) is 0.566. The largest absolute Gasteiger partial charge is 0.768 e. The van der Waals surface area contributed by atoms with Crippen LogP contribution in [0.2, 0.25) is 0 Å². The Balaban J connectivity index is 5.50. The van der Waals surface area contributed by atoms with E-state index in [2.05, 4.69) is 0 Å². The van der Waals surface area contributed by atoms with E-state index in [1.165, 1.54) is 0 Å². The molecular formula is C3F6O4S2-2. The summed E-state index contributed by atoms with van der Waals surface area (Å²) in [6.07, 6.45) is 0. The molecule has 0 aromatic carbocycles. The van der Waals surface area contributed by atoms with Crippen LogP contribution in [-0.2, 0) is 22.2 Å². The third kappa shape index (κ3) is 2.16. The second-order valence-corrected chi connectivity index (χ2v) is 4.04. The molecule has 0 fully saturated rings. The summed E-state index contributed by atoms with van der Waals surface area (Å²) in [4.78, 5) is 0. The lowest BCUT2D eigenvalue weighted by Gasteiger charge is -2.34. The van der Waals surface area contributed by atoms with Crippen molar-refractivity contribution >= 4 is 22.2 Å². The zero-order chi connectivity index (χ0) is 12.7. The first-order valence-corrected chi connectivity index (χ1v) is 4.86. The summed E-state index contributed by atoms with van der Waals surface area (Å²) in [5.41, 5.74) is 0. The third-order valence-corrected chi connectivity index (χ3v) is 2.50. The van der Waals surface area contributed by atoms with Crippen LogP contribution in [0.1, 0.15) is 0 Å². The maximum Gasteiger partial charge on any atom is 0.394 e. The van der Waals surface area contributed by atoms with Crippen molar-refractivity contribution in [2.45, 2.75) is 16.4 Å². The van der Waals surface area contributed by atoms with Gasteiger partial charge in [-0.15, -0.1) is 0 Å². The summed E-state index contributed by atoms with van der Waals surface area (Å²) >= 11 is -9.79. The van der Waals surface area contributed by atoms with E-state index in [9.17, 15) is 43.9 Å². The number of rotatable bonds is 4. The number of halogens is 6. The van der Waals surface area contributed by atoms with Crippen LogP contribution in [-0.4, -0.2) is 34.0 Å². The summed E-state index contributed by atoms with van der Waals surface area (Å²) in [6, 6.07) is 0. The molecule has 12 heteroatoms. The van der Waals surface area contributed by atoms with Crippen LogP contribution < -0.4 is 0 Å². The highest BCUT2D eigenvalue weighted by molar-refractivity contribution is 7.81. The lowest BCUT2D eigenvalue weighted by Crippen LogP contribution is -2.57. The van der Waals surface area contributed by atoms with E-state index in [0.29, 0.717) is 0 Å². The van der Waals surface area contributed by atoms with Gasteiger partial charge in [-0.25, -0.2) is 0 Å². The molecule has 0 N–H and O–H groups in total. The Hall–Kier alpha value is -0.200. The molecule has 0 aliphatic carbocycles. The van der Waals surface area contributed by atoms with Crippen molar-refractivity contribution in [3.8, 4) is 0 Å². The van der Waals surface area contributed by atoms with Gasteiger partial charge in [0.05, 0.1) is 0 Å². The smallest absolute Gasteiger partial charge is 0.394 e. The van der Waals surface area contributed by atoms with Crippen molar-refractivity contribution in [1.82, 2.24) is 0 Å². The quantitative estimate of drug-likeness (QED) is 0.556. The van der Waals surface area contributed by atoms with Gasteiger partial charge in [0, 0.05) is 22.2 Å². The Morgan fingerprint density at radius 1 is 0.733 bits per heavy atom. The topological polar surface area (TPSA) is 80.3 Å². The van der Waals surface area contributed by atoms with Crippen molar-refractivity contribution in [2.75, 3.05) is 0 Å². The van der Waals surface area contributed by atoms with Crippen LogP contribution in [0, 0.1) is 0 Å². The molecule has 0 aromatic rings. The van der Waals surface area contributed by atoms with E-state index < -0.39 is 38.6 Å². The minimum atomic E-state index is -6.56. The fourth-order valence-electron chi connectivity index (χ4n) is 0.379. The van der Waals surface area contributed by atoms with E-state index in [1.54, 1.807) is 0 Å². The van der Waals surface area contributed by atoms with E-state index >= 15 is 0 Å². The first-order chi connectivity index (χ1) is 6.39. The fourth-order valence-corrected chi connectivity index (χ4v) is 1.12. The lowest BCUT2D eigenvalue weighted by molar-refractivity contribution is -0.244. The van der Waals surface area contributed by atoms with Crippen molar-refractivity contribution < 1.29 is 43.9 Å². The van der Waals surface area contributed by atoms with Gasteiger partial charge in [-0.05, 0) is 0 Å². The normalized spacial score (nSPS) is 18.7. The molecule has 0 heterocycles. The van der Waals surface area contributed by atoms with E-state index in [0.717, 1.165) is 0 Å². The second-order valence-electron chi connectivity index (χ2n) is 2.08. The van der Waals surface area contributed by atoms with E-state index in [1.807, 2.05) is 0 Å². The van der Waals surface area contributed by atoms with Crippen molar-refractivity contribution in [3.63, 3.8) is 0 Å². The van der Waals surface area contributed by atoms with Gasteiger partial charge in [0.25, 0.3) is 0 Å². The molecule has 0 saturated carbocycles. The van der Waals surface area contributed by atoms with E-state index in [4.69, 9.17) is 0 Å². The monoisotopic (exact) mass is 278 g/mol. The van der Waals surface area contributed by atoms with Gasteiger partial charge in [-0.1, -0.05) is 0 Å². The Morgan fingerprint density at radius 2 is 0.933 bits per heavy atom. The molecule has 0 amide bonds. The molecule has 0 radical (unpaired) electrons. The van der Waals surface area contributed by atoms with Crippen LogP contribution in [0.5, 0.6) is 0 Å². The summed E-state index contributed by atoms with van der Waals surface area (Å²) in [7, 11) is 0. The average molecular weight is 278 g/mol. The number of hydrogen-bond donors (Lipinski definition) is 0. The molecular weight excluding hydrogens is 278 g/mol. The molecule has 4 nitrogen and oxygen atoms in total. The van der Waals surface area contributed by atoms with Gasteiger partial charge < -0.3 is 9.11 Å². The molecule has 15 heavy (non-hydrogen) atoms. The molecule has 0 bridgehead atoms. The summed E-state index contributed by atoms with van der Waals surface area (Å²) in [5.74, 6) is -6.56. The minimum absolute atomic E-state index is 4.90. The highest BCUT2D eigenvalue weighted by Crippen LogP contribution is 2.48. The first-order valence-electron chi connectivity index (χ1n) is 2.71. The van der Waals surface area contributed by atoms with Crippen LogP contribution in [0.15, 0.2) is 0 Å². The zero-order valence-electron chi connectivity index (χ0n) is 6.22. The Labute approximate surface area is 83.2 Å². The van der Waals surface area contributed by atoms with Gasteiger partial charge in [-0.2, -0.15) is 26.3 Å². The molecule has 92 valence electrons. The molecule has 2 atom stereocenters. The van der Waals surface area contributed by atoms with Crippen LogP contribution in [0.3, 0.4) is 0 Å². The molecule has 0 aliphatic heterocycles. The highest BCUT2D eigenvalue weighted by atomic mass is 32.2. The Kier molecular flexibility index (Phi) is 3.94. The first kappa shape index (κ1) is 14.8. The van der Waals surface area contributed by atoms with Crippen molar-refractivity contribution in [2.24, 2.45) is 0 Å². The van der Waals surface area contributed by atoms with Gasteiger partial charge in [0.2, 0.25) is 0 Å². The highest BCUT2D eigenvalue weighted by Gasteiger charge is 2.73. The second kappa shape index (κ2) is 3.99. The molecule has 0 rings (SSSR count). The third-order valence-electron chi connectivity index (χ3n) is 1.15. The van der Waals surface area contributed by atoms with E-state index in [-0.39, 0.29) is 0 Å². The number of alkyl halides is 6. The fraction of sp³-hybridized carbons (Fsp3) is 1.00. The minimum Gasteiger partial charge on any atom is -0.768 e. The summed E-state index contributed by atoms with van der Waals surface area (Å²) < 4.78 is 111. The average Bonchev–Trinajstić information content (AvgIpc) is 2.02. The van der Waals surface area contributed by atoms with Gasteiger partial charge in [0.1, 0.15) is 0 Å². The zero-order valence-corrected chi connectivity index (χ0v) is 7.85. The van der Waals surface area contributed by atoms with Crippen molar-refractivity contribution in [3.05, 3.63) is 0 Å².